The van der Waals surface area contributed by atoms with Gasteiger partial charge in [-0.15, -0.1) is 0 Å². The van der Waals surface area contributed by atoms with Gasteiger partial charge in [0.05, 0.1) is 28.4 Å². The Morgan fingerprint density at radius 3 is 1.16 bits per heavy atom. The van der Waals surface area contributed by atoms with E-state index in [0.29, 0.717) is 71.8 Å². The molecular weight excluding hydrogens is 675 g/mol. The normalized spacial score (nSPS) is 10.9. The molecule has 0 radical (unpaired) electrons. The van der Waals surface area contributed by atoms with E-state index in [2.05, 4.69) is 34.1 Å². The largest absolute Gasteiger partial charge is 0.493 e. The Kier molecular flexibility index (Phi) is 11.0. The lowest BCUT2D eigenvalue weighted by atomic mass is 10.1. The van der Waals surface area contributed by atoms with Gasteiger partial charge in [0.15, 0.2) is 34.6 Å². The fourth-order valence-electron chi connectivity index (χ4n) is 5.79. The van der Waals surface area contributed by atoms with Crippen LogP contribution in [0, 0.1) is 0 Å². The van der Waals surface area contributed by atoms with Gasteiger partial charge >= 0.3 is 0 Å². The summed E-state index contributed by atoms with van der Waals surface area (Å²) in [6.07, 6.45) is 0. The van der Waals surface area contributed by atoms with E-state index >= 15 is 0 Å². The molecule has 0 saturated carbocycles. The van der Waals surface area contributed by atoms with Gasteiger partial charge in [-0.1, -0.05) is 72.8 Å². The lowest BCUT2D eigenvalue weighted by molar-refractivity contribution is 0.354. The van der Waals surface area contributed by atoms with Crippen LogP contribution in [0.4, 0.5) is 11.6 Å². The maximum Gasteiger partial charge on any atom is 0.225 e. The maximum atomic E-state index is 6.75. The zero-order chi connectivity index (χ0) is 35.0. The molecule has 0 aliphatic carbocycles. The molecule has 0 N–H and O–H groups in total. The van der Waals surface area contributed by atoms with Crippen LogP contribution in [0.25, 0.3) is 11.0 Å². The summed E-state index contributed by atoms with van der Waals surface area (Å²) in [4.78, 5) is 23.1. The van der Waals surface area contributed by atoms with Crippen LogP contribution in [-0.2, 0) is 26.2 Å². The summed E-state index contributed by atoms with van der Waals surface area (Å²) < 4.78 is 22.2. The second kappa shape index (κ2) is 15.9. The molecule has 2 aromatic heterocycles. The molecule has 0 fully saturated rings. The summed E-state index contributed by atoms with van der Waals surface area (Å²) >= 11 is 13.5. The molecule has 0 spiro atoms. The Balaban J connectivity index is 1.49. The van der Waals surface area contributed by atoms with E-state index in [4.69, 9.17) is 62.1 Å². The Labute approximate surface area is 301 Å². The predicted molar refractivity (Wildman–Crippen MR) is 197 cm³/mol. The number of hydrogen-bond donors (Lipinski definition) is 0. The number of nitrogens with zero attached hydrogens (tertiary/aromatic N) is 6. The molecule has 4 aromatic carbocycles. The fourth-order valence-corrected chi connectivity index (χ4v) is 6.12. The lowest BCUT2D eigenvalue weighted by Gasteiger charge is -2.28. The smallest absolute Gasteiger partial charge is 0.225 e. The summed E-state index contributed by atoms with van der Waals surface area (Å²) in [6.45, 7) is 1.87. The topological polar surface area (TPSA) is 95.0 Å². The molecule has 50 heavy (non-hydrogen) atoms. The molecule has 0 atom stereocenters. The van der Waals surface area contributed by atoms with Crippen molar-refractivity contribution in [2.45, 2.75) is 26.2 Å². The maximum absolute atomic E-state index is 6.75. The minimum absolute atomic E-state index is 0.0517. The van der Waals surface area contributed by atoms with Crippen LogP contribution in [0.3, 0.4) is 0 Å². The van der Waals surface area contributed by atoms with Gasteiger partial charge in [0, 0.05) is 26.2 Å². The predicted octanol–water partition coefficient (Wildman–Crippen LogP) is 8.17. The Morgan fingerprint density at radius 2 is 0.800 bits per heavy atom. The first-order valence-electron chi connectivity index (χ1n) is 15.8. The lowest BCUT2D eigenvalue weighted by Crippen LogP contribution is -2.26. The highest BCUT2D eigenvalue weighted by molar-refractivity contribution is 6.30. The van der Waals surface area contributed by atoms with Crippen LogP contribution in [0.1, 0.15) is 22.3 Å². The molecule has 6 aromatic rings. The quantitative estimate of drug-likeness (QED) is 0.103. The monoisotopic (exact) mass is 710 g/mol. The van der Waals surface area contributed by atoms with Crippen molar-refractivity contribution >= 4 is 45.9 Å². The third-order valence-electron chi connectivity index (χ3n) is 8.13. The minimum atomic E-state index is 0.0517. The van der Waals surface area contributed by atoms with E-state index in [0.717, 1.165) is 22.3 Å². The van der Waals surface area contributed by atoms with Gasteiger partial charge < -0.3 is 28.7 Å². The molecule has 6 rings (SSSR count). The highest BCUT2D eigenvalue weighted by Gasteiger charge is 2.24. The second-order valence-electron chi connectivity index (χ2n) is 11.4. The molecule has 256 valence electrons. The van der Waals surface area contributed by atoms with Gasteiger partial charge in [0.1, 0.15) is 11.0 Å². The fraction of sp³-hybridized carbons (Fsp3) is 0.211. The minimum Gasteiger partial charge on any atom is -0.493 e. The van der Waals surface area contributed by atoms with E-state index in [1.807, 2.05) is 72.8 Å². The van der Waals surface area contributed by atoms with Crippen molar-refractivity contribution in [2.24, 2.45) is 0 Å². The summed E-state index contributed by atoms with van der Waals surface area (Å²) in [5.41, 5.74) is 4.98. The molecule has 0 unspecified atom stereocenters. The Bertz CT molecular complexity index is 1920. The molecule has 0 aliphatic rings. The first kappa shape index (κ1) is 34.5. The average molecular weight is 712 g/mol. The molecule has 0 bridgehead atoms. The third-order valence-corrected chi connectivity index (χ3v) is 8.46. The molecular formula is C38H36Cl2N6O4. The SMILES string of the molecule is COc1ccc(CN(Cc2ccccc2)c2nc(Cl)nc3c(N(Cc4ccccc4)Cc4ccc(OC)c(OC)c4)nc(Cl)nc23)cc1OC. The van der Waals surface area contributed by atoms with E-state index < -0.39 is 0 Å². The Hall–Kier alpha value is -5.32. The van der Waals surface area contributed by atoms with Gasteiger partial charge in [-0.25, -0.2) is 9.97 Å². The third kappa shape index (κ3) is 7.93. The van der Waals surface area contributed by atoms with E-state index in [-0.39, 0.29) is 10.6 Å². The highest BCUT2D eigenvalue weighted by Crippen LogP contribution is 2.36. The molecule has 2 heterocycles. The zero-order valence-corrected chi connectivity index (χ0v) is 29.7. The number of halogens is 2. The highest BCUT2D eigenvalue weighted by atomic mass is 35.5. The van der Waals surface area contributed by atoms with Gasteiger partial charge in [-0.2, -0.15) is 9.97 Å². The van der Waals surface area contributed by atoms with Crippen molar-refractivity contribution < 1.29 is 18.9 Å². The van der Waals surface area contributed by atoms with Gasteiger partial charge in [-0.05, 0) is 69.7 Å². The molecule has 0 saturated heterocycles. The standard InChI is InChI=1S/C38H36Cl2N6O4/c1-47-29-17-15-27(19-31(29)49-3)23-45(21-25-11-7-5-8-12-25)35-33-34(42-37(39)43-35)36(44-38(40)41-33)46(22-26-13-9-6-10-14-26)24-28-16-18-30(48-2)32(20-28)50-4/h5-20H,21-24H2,1-4H3. The second-order valence-corrected chi connectivity index (χ2v) is 12.1. The molecule has 10 nitrogen and oxygen atoms in total. The number of rotatable bonds is 14. The van der Waals surface area contributed by atoms with Crippen LogP contribution in [-0.4, -0.2) is 48.4 Å². The number of methoxy groups -OCH3 is 4. The number of anilines is 2. The Morgan fingerprint density at radius 1 is 0.440 bits per heavy atom. The van der Waals surface area contributed by atoms with Crippen molar-refractivity contribution in [3.63, 3.8) is 0 Å². The number of ether oxygens (including phenoxy) is 4. The van der Waals surface area contributed by atoms with Gasteiger partial charge in [0.2, 0.25) is 10.6 Å². The number of hydrogen-bond acceptors (Lipinski definition) is 10. The summed E-state index contributed by atoms with van der Waals surface area (Å²) in [5.74, 6) is 3.53. The summed E-state index contributed by atoms with van der Waals surface area (Å²) in [5, 5.41) is 0.103. The van der Waals surface area contributed by atoms with Crippen LogP contribution in [0.15, 0.2) is 97.1 Å². The molecule has 0 amide bonds. The van der Waals surface area contributed by atoms with Gasteiger partial charge in [0.25, 0.3) is 0 Å². The van der Waals surface area contributed by atoms with Crippen molar-refractivity contribution in [1.29, 1.82) is 0 Å². The molecule has 0 aliphatic heterocycles. The number of aromatic nitrogens is 4. The van der Waals surface area contributed by atoms with Crippen molar-refractivity contribution in [2.75, 3.05) is 38.2 Å². The van der Waals surface area contributed by atoms with Crippen LogP contribution >= 0.6 is 23.2 Å². The summed E-state index contributed by atoms with van der Waals surface area (Å²) in [6, 6.07) is 31.8. The van der Waals surface area contributed by atoms with Crippen LogP contribution in [0.5, 0.6) is 23.0 Å². The van der Waals surface area contributed by atoms with Crippen molar-refractivity contribution in [3.8, 4) is 23.0 Å². The van der Waals surface area contributed by atoms with Crippen LogP contribution < -0.4 is 28.7 Å². The van der Waals surface area contributed by atoms with Crippen molar-refractivity contribution in [1.82, 2.24) is 19.9 Å². The average Bonchev–Trinajstić information content (AvgIpc) is 3.14. The molecule has 12 heteroatoms. The summed E-state index contributed by atoms with van der Waals surface area (Å²) in [7, 11) is 6.46. The van der Waals surface area contributed by atoms with E-state index in [1.54, 1.807) is 28.4 Å². The van der Waals surface area contributed by atoms with Crippen molar-refractivity contribution in [3.05, 3.63) is 130 Å². The zero-order valence-electron chi connectivity index (χ0n) is 28.1. The van der Waals surface area contributed by atoms with Crippen LogP contribution in [0.2, 0.25) is 10.6 Å². The first-order chi connectivity index (χ1) is 24.4. The van der Waals surface area contributed by atoms with E-state index in [1.165, 1.54) is 0 Å². The number of fused-ring (bicyclic) bond motifs is 1. The van der Waals surface area contributed by atoms with Gasteiger partial charge in [-0.3, -0.25) is 0 Å². The first-order valence-corrected chi connectivity index (χ1v) is 16.5. The number of benzene rings is 4. The van der Waals surface area contributed by atoms with E-state index in [9.17, 15) is 0 Å².